The van der Waals surface area contributed by atoms with Crippen molar-refractivity contribution >= 4 is 28.9 Å². The van der Waals surface area contributed by atoms with Crippen LogP contribution < -0.4 is 4.90 Å². The number of methoxy groups -OCH3 is 1. The van der Waals surface area contributed by atoms with Crippen LogP contribution in [-0.4, -0.2) is 44.0 Å². The van der Waals surface area contributed by atoms with Gasteiger partial charge >= 0.3 is 5.97 Å². The minimum absolute atomic E-state index is 0.0294. The fraction of sp³-hybridized carbons (Fsp3) is 0.739. The second-order valence-corrected chi connectivity index (χ2v) is 10.3. The van der Waals surface area contributed by atoms with Crippen molar-refractivity contribution in [3.05, 3.63) is 15.8 Å². The van der Waals surface area contributed by atoms with Crippen LogP contribution in [0.1, 0.15) is 72.8 Å². The van der Waals surface area contributed by atoms with E-state index in [-0.39, 0.29) is 23.8 Å². The van der Waals surface area contributed by atoms with Crippen LogP contribution in [-0.2, 0) is 19.0 Å². The molecule has 1 aliphatic heterocycles. The molecule has 1 amide bonds. The molecular weight excluding hydrogens is 402 g/mol. The maximum Gasteiger partial charge on any atom is 0.350 e. The molecule has 2 aliphatic carbocycles. The minimum Gasteiger partial charge on any atom is -0.465 e. The summed E-state index contributed by atoms with van der Waals surface area (Å²) in [6, 6.07) is 2.03. The first-order valence-corrected chi connectivity index (χ1v) is 12.0. The molecule has 1 spiro atoms. The predicted molar refractivity (Wildman–Crippen MR) is 116 cm³/mol. The number of ether oxygens (including phenoxy) is 3. The van der Waals surface area contributed by atoms with Crippen molar-refractivity contribution in [2.75, 3.05) is 25.2 Å². The molecule has 2 saturated carbocycles. The summed E-state index contributed by atoms with van der Waals surface area (Å²) in [7, 11) is 1.40. The Morgan fingerprint density at radius 2 is 1.73 bits per heavy atom. The third-order valence-corrected chi connectivity index (χ3v) is 7.98. The van der Waals surface area contributed by atoms with E-state index in [4.69, 9.17) is 14.2 Å². The van der Waals surface area contributed by atoms with Gasteiger partial charge in [0.05, 0.1) is 26.0 Å². The lowest BCUT2D eigenvalue weighted by Crippen LogP contribution is -2.49. The number of thiophene rings is 1. The van der Waals surface area contributed by atoms with Gasteiger partial charge in [0.2, 0.25) is 5.91 Å². The van der Waals surface area contributed by atoms with Crippen LogP contribution in [0.4, 0.5) is 5.69 Å². The summed E-state index contributed by atoms with van der Waals surface area (Å²) in [4.78, 5) is 29.8. The molecule has 3 fully saturated rings. The monoisotopic (exact) mass is 435 g/mol. The lowest BCUT2D eigenvalue weighted by Gasteiger charge is -2.42. The van der Waals surface area contributed by atoms with E-state index in [1.807, 2.05) is 17.9 Å². The zero-order chi connectivity index (χ0) is 21.3. The lowest BCUT2D eigenvalue weighted by molar-refractivity contribution is -0.179. The average Bonchev–Trinajstić information content (AvgIpc) is 3.36. The van der Waals surface area contributed by atoms with Gasteiger partial charge in [-0.15, -0.1) is 11.3 Å². The number of carbonyl (C=O) groups is 2. The molecule has 4 rings (SSSR count). The van der Waals surface area contributed by atoms with Gasteiger partial charge in [-0.05, 0) is 57.4 Å². The maximum absolute atomic E-state index is 13.8. The number of aryl methyl sites for hydroxylation is 1. The van der Waals surface area contributed by atoms with Crippen molar-refractivity contribution in [3.63, 3.8) is 0 Å². The molecule has 6 nitrogen and oxygen atoms in total. The van der Waals surface area contributed by atoms with Crippen LogP contribution in [0, 0.1) is 18.8 Å². The zero-order valence-electron chi connectivity index (χ0n) is 18.3. The Morgan fingerprint density at radius 3 is 2.33 bits per heavy atom. The molecule has 7 heteroatoms. The highest BCUT2D eigenvalue weighted by Crippen LogP contribution is 2.42. The number of esters is 1. The first-order valence-electron chi connectivity index (χ1n) is 11.2. The van der Waals surface area contributed by atoms with Gasteiger partial charge < -0.3 is 19.1 Å². The van der Waals surface area contributed by atoms with Crippen molar-refractivity contribution in [3.8, 4) is 0 Å². The summed E-state index contributed by atoms with van der Waals surface area (Å²) in [5.74, 6) is 0.0396. The maximum atomic E-state index is 13.8. The number of anilines is 1. The summed E-state index contributed by atoms with van der Waals surface area (Å²) in [6.45, 7) is 5.52. The first-order chi connectivity index (χ1) is 14.4. The highest BCUT2D eigenvalue weighted by atomic mass is 32.1. The Labute approximate surface area is 182 Å². The standard InChI is InChI=1S/C23H33NO5S/c1-15-4-6-17(7-5-15)21(25)24(19-14-16(2)30-20(19)22(26)27-3)18-8-10-23(11-9-18)28-12-13-29-23/h14-15,17-18H,4-13H2,1-3H3. The molecule has 3 aliphatic rings. The third kappa shape index (κ3) is 4.30. The van der Waals surface area contributed by atoms with E-state index in [1.54, 1.807) is 0 Å². The van der Waals surface area contributed by atoms with Crippen molar-refractivity contribution in [2.24, 2.45) is 11.8 Å². The Balaban J connectivity index is 1.62. The van der Waals surface area contributed by atoms with Crippen LogP contribution in [0.15, 0.2) is 6.07 Å². The highest BCUT2D eigenvalue weighted by molar-refractivity contribution is 7.14. The van der Waals surface area contributed by atoms with Crippen molar-refractivity contribution in [1.82, 2.24) is 0 Å². The number of hydrogen-bond acceptors (Lipinski definition) is 6. The fourth-order valence-corrected chi connectivity index (χ4v) is 6.13. The Bertz CT molecular complexity index is 767. The summed E-state index contributed by atoms with van der Waals surface area (Å²) in [5.41, 5.74) is 0.724. The fourth-order valence-electron chi connectivity index (χ4n) is 5.20. The van der Waals surface area contributed by atoms with Gasteiger partial charge in [0.15, 0.2) is 5.79 Å². The summed E-state index contributed by atoms with van der Waals surface area (Å²) >= 11 is 1.40. The van der Waals surface area contributed by atoms with Crippen molar-refractivity contribution < 1.29 is 23.8 Å². The number of rotatable bonds is 4. The molecule has 0 atom stereocenters. The Morgan fingerprint density at radius 1 is 1.10 bits per heavy atom. The zero-order valence-corrected chi connectivity index (χ0v) is 19.1. The highest BCUT2D eigenvalue weighted by Gasteiger charge is 2.44. The number of hydrogen-bond donors (Lipinski definition) is 0. The van der Waals surface area contributed by atoms with Crippen LogP contribution in [0.5, 0.6) is 0 Å². The Hall–Kier alpha value is -1.44. The van der Waals surface area contributed by atoms with Crippen molar-refractivity contribution in [1.29, 1.82) is 0 Å². The molecule has 1 aromatic heterocycles. The lowest BCUT2D eigenvalue weighted by atomic mass is 9.81. The van der Waals surface area contributed by atoms with Crippen molar-refractivity contribution in [2.45, 2.75) is 77.0 Å². The summed E-state index contributed by atoms with van der Waals surface area (Å²) in [5, 5.41) is 0. The Kier molecular flexibility index (Phi) is 6.51. The molecule has 166 valence electrons. The van der Waals surface area contributed by atoms with Crippen LogP contribution in [0.3, 0.4) is 0 Å². The molecule has 0 N–H and O–H groups in total. The minimum atomic E-state index is -0.471. The van der Waals surface area contributed by atoms with E-state index in [0.717, 1.165) is 61.9 Å². The second kappa shape index (κ2) is 8.97. The van der Waals surface area contributed by atoms with E-state index in [1.165, 1.54) is 18.4 Å². The molecule has 0 radical (unpaired) electrons. The van der Waals surface area contributed by atoms with Crippen LogP contribution >= 0.6 is 11.3 Å². The van der Waals surface area contributed by atoms with E-state index in [2.05, 4.69) is 6.92 Å². The number of amides is 1. The molecule has 0 bridgehead atoms. The first kappa shape index (κ1) is 21.8. The molecule has 1 aromatic rings. The smallest absolute Gasteiger partial charge is 0.350 e. The van der Waals surface area contributed by atoms with E-state index in [9.17, 15) is 9.59 Å². The van der Waals surface area contributed by atoms with Crippen LogP contribution in [0.25, 0.3) is 0 Å². The van der Waals surface area contributed by atoms with Gasteiger partial charge in [-0.3, -0.25) is 4.79 Å². The summed E-state index contributed by atoms with van der Waals surface area (Å²) in [6.07, 6.45) is 7.21. The van der Waals surface area contributed by atoms with E-state index < -0.39 is 5.79 Å². The third-order valence-electron chi connectivity index (χ3n) is 6.96. The summed E-state index contributed by atoms with van der Waals surface area (Å²) < 4.78 is 16.8. The molecule has 1 saturated heterocycles. The average molecular weight is 436 g/mol. The normalized spacial score (nSPS) is 26.6. The number of carbonyl (C=O) groups excluding carboxylic acids is 2. The van der Waals surface area contributed by atoms with Gasteiger partial charge in [-0.2, -0.15) is 0 Å². The second-order valence-electron chi connectivity index (χ2n) is 9.07. The van der Waals surface area contributed by atoms with Gasteiger partial charge in [-0.25, -0.2) is 4.79 Å². The quantitative estimate of drug-likeness (QED) is 0.642. The molecule has 2 heterocycles. The van der Waals surface area contributed by atoms with Gasteiger partial charge in [-0.1, -0.05) is 6.92 Å². The molecular formula is C23H33NO5S. The van der Waals surface area contributed by atoms with Gasteiger partial charge in [0.25, 0.3) is 0 Å². The molecule has 30 heavy (non-hydrogen) atoms. The largest absolute Gasteiger partial charge is 0.465 e. The van der Waals surface area contributed by atoms with Crippen LogP contribution in [0.2, 0.25) is 0 Å². The number of nitrogens with zero attached hydrogens (tertiary/aromatic N) is 1. The SMILES string of the molecule is COC(=O)c1sc(C)cc1N(C(=O)C1CCC(C)CC1)C1CCC2(CC1)OCCO2. The topological polar surface area (TPSA) is 65.1 Å². The van der Waals surface area contributed by atoms with E-state index in [0.29, 0.717) is 24.0 Å². The van der Waals surface area contributed by atoms with Gasteiger partial charge in [0.1, 0.15) is 4.88 Å². The molecule has 0 aromatic carbocycles. The predicted octanol–water partition coefficient (Wildman–Crippen LogP) is 4.69. The molecule has 0 unspecified atom stereocenters. The van der Waals surface area contributed by atoms with E-state index >= 15 is 0 Å². The van der Waals surface area contributed by atoms with Gasteiger partial charge in [0, 0.05) is 29.7 Å².